The van der Waals surface area contributed by atoms with Crippen LogP contribution < -0.4 is 0 Å². The molecule has 4 fully saturated rings. The highest BCUT2D eigenvalue weighted by Crippen LogP contribution is 2.59. The highest BCUT2D eigenvalue weighted by Gasteiger charge is 2.50. The summed E-state index contributed by atoms with van der Waals surface area (Å²) in [6.07, 6.45) is 7.13. The maximum Gasteiger partial charge on any atom is 0.522 e. The van der Waals surface area contributed by atoms with Gasteiger partial charge in [-0.3, -0.25) is 9.64 Å². The molecule has 1 saturated heterocycles. The lowest BCUT2D eigenvalue weighted by atomic mass is 9.61. The van der Waals surface area contributed by atoms with Crippen LogP contribution in [0, 0.1) is 23.2 Å². The van der Waals surface area contributed by atoms with Crippen LogP contribution in [0.5, 0.6) is 0 Å². The van der Waals surface area contributed by atoms with Crippen molar-refractivity contribution in [3.8, 4) is 0 Å². The maximum absolute atomic E-state index is 12.3. The van der Waals surface area contributed by atoms with Crippen LogP contribution >= 0.6 is 0 Å². The van der Waals surface area contributed by atoms with Crippen LogP contribution in [0.3, 0.4) is 0 Å². The van der Waals surface area contributed by atoms with Crippen LogP contribution in [0.2, 0.25) is 0 Å². The van der Waals surface area contributed by atoms with Crippen LogP contribution in [-0.4, -0.2) is 59.4 Å². The second-order valence-corrected chi connectivity index (χ2v) is 11.3. The quantitative estimate of drug-likeness (QED) is 0.559. The van der Waals surface area contributed by atoms with Gasteiger partial charge in [-0.1, -0.05) is 37.1 Å². The van der Waals surface area contributed by atoms with Crippen LogP contribution in [0.25, 0.3) is 0 Å². The summed E-state index contributed by atoms with van der Waals surface area (Å²) in [4.78, 5) is 2.08. The molecule has 33 heavy (non-hydrogen) atoms. The molecule has 3 aliphatic carbocycles. The van der Waals surface area contributed by atoms with Crippen LogP contribution in [0.4, 0.5) is 13.2 Å². The van der Waals surface area contributed by atoms with Gasteiger partial charge in [-0.25, -0.2) is 0 Å². The van der Waals surface area contributed by atoms with E-state index in [1.54, 1.807) is 0 Å². The lowest BCUT2D eigenvalue weighted by Gasteiger charge is -2.45. The minimum absolute atomic E-state index is 0.282. The second kappa shape index (κ2) is 10.00. The first-order valence-electron chi connectivity index (χ1n) is 12.7. The van der Waals surface area contributed by atoms with Crippen molar-refractivity contribution in [3.05, 3.63) is 23.3 Å². The highest BCUT2D eigenvalue weighted by atomic mass is 19.4. The molecule has 0 aromatic heterocycles. The van der Waals surface area contributed by atoms with Gasteiger partial charge in [0.2, 0.25) is 0 Å². The summed E-state index contributed by atoms with van der Waals surface area (Å²) < 4.78 is 41.1. The van der Waals surface area contributed by atoms with Gasteiger partial charge >= 0.3 is 6.36 Å². The molecule has 188 valence electrons. The second-order valence-electron chi connectivity index (χ2n) is 11.3. The number of aliphatic hydroxyl groups is 2. The van der Waals surface area contributed by atoms with Crippen molar-refractivity contribution in [1.29, 1.82) is 0 Å². The van der Waals surface area contributed by atoms with E-state index >= 15 is 0 Å². The average Bonchev–Trinajstić information content (AvgIpc) is 3.03. The molecule has 3 saturated carbocycles. The molecule has 4 nitrogen and oxygen atoms in total. The minimum atomic E-state index is -4.53. The molecule has 0 spiro atoms. The summed E-state index contributed by atoms with van der Waals surface area (Å²) in [6.45, 7) is 6.38. The normalized spacial score (nSPS) is 38.3. The van der Waals surface area contributed by atoms with E-state index in [1.807, 2.05) is 0 Å². The van der Waals surface area contributed by atoms with Gasteiger partial charge in [0.05, 0.1) is 18.3 Å². The van der Waals surface area contributed by atoms with Gasteiger partial charge < -0.3 is 10.2 Å². The number of hydrogen-bond donors (Lipinski definition) is 2. The molecule has 0 radical (unpaired) electrons. The topological polar surface area (TPSA) is 52.9 Å². The lowest BCUT2D eigenvalue weighted by Crippen LogP contribution is -2.54. The van der Waals surface area contributed by atoms with Crippen molar-refractivity contribution < 1.29 is 28.1 Å². The maximum atomic E-state index is 12.3. The first kappa shape index (κ1) is 25.2. The summed E-state index contributed by atoms with van der Waals surface area (Å²) in [7, 11) is 0. The van der Waals surface area contributed by atoms with E-state index in [1.165, 1.54) is 31.3 Å². The summed E-state index contributed by atoms with van der Waals surface area (Å²) in [5.74, 6) is 1.77. The van der Waals surface area contributed by atoms with Gasteiger partial charge in [-0.2, -0.15) is 0 Å². The van der Waals surface area contributed by atoms with Gasteiger partial charge in [0.15, 0.2) is 0 Å². The third kappa shape index (κ3) is 6.03. The van der Waals surface area contributed by atoms with E-state index in [0.29, 0.717) is 50.1 Å². The van der Waals surface area contributed by atoms with Crippen molar-refractivity contribution in [3.63, 3.8) is 0 Å². The fourth-order valence-corrected chi connectivity index (χ4v) is 7.30. The van der Waals surface area contributed by atoms with Gasteiger partial charge in [0, 0.05) is 13.1 Å². The first-order valence-corrected chi connectivity index (χ1v) is 12.7. The zero-order valence-corrected chi connectivity index (χ0v) is 20.0. The SMILES string of the molecule is CC(CCN1CC(OC(F)(F)F)C1)[C@H]1CC[C@H]2C(=CC=C3C[C@@H](O)C[C@H](O)C3)CCC[C@]12C. The Hall–Kier alpha value is -0.890. The molecule has 6 atom stereocenters. The van der Waals surface area contributed by atoms with Gasteiger partial charge in [-0.05, 0) is 87.5 Å². The van der Waals surface area contributed by atoms with E-state index < -0.39 is 24.7 Å². The van der Waals surface area contributed by atoms with Crippen molar-refractivity contribution in [2.75, 3.05) is 19.6 Å². The molecule has 1 aliphatic heterocycles. The Morgan fingerprint density at radius 3 is 2.52 bits per heavy atom. The largest absolute Gasteiger partial charge is 0.522 e. The number of aliphatic hydroxyl groups excluding tert-OH is 2. The first-order chi connectivity index (χ1) is 15.5. The monoisotopic (exact) mass is 471 g/mol. The van der Waals surface area contributed by atoms with Crippen LogP contribution in [-0.2, 0) is 4.74 Å². The molecule has 0 aromatic rings. The molecular weight excluding hydrogens is 431 g/mol. The molecule has 0 aromatic carbocycles. The Morgan fingerprint density at radius 2 is 1.85 bits per heavy atom. The minimum Gasteiger partial charge on any atom is -0.393 e. The fourth-order valence-electron chi connectivity index (χ4n) is 7.30. The molecule has 0 bridgehead atoms. The average molecular weight is 472 g/mol. The van der Waals surface area contributed by atoms with Crippen LogP contribution in [0.15, 0.2) is 23.3 Å². The molecule has 7 heteroatoms. The van der Waals surface area contributed by atoms with E-state index in [-0.39, 0.29) is 5.41 Å². The summed E-state index contributed by atoms with van der Waals surface area (Å²) in [5.41, 5.74) is 2.95. The Kier molecular flexibility index (Phi) is 7.64. The predicted molar refractivity (Wildman–Crippen MR) is 121 cm³/mol. The molecule has 4 aliphatic rings. The number of likely N-dealkylation sites (tertiary alicyclic amines) is 1. The van der Waals surface area contributed by atoms with E-state index in [0.717, 1.165) is 25.0 Å². The fraction of sp³-hybridized carbons (Fsp3) is 0.846. The third-order valence-electron chi connectivity index (χ3n) is 8.92. The number of hydrogen-bond acceptors (Lipinski definition) is 4. The zero-order valence-electron chi connectivity index (χ0n) is 20.0. The molecule has 2 N–H and O–H groups in total. The highest BCUT2D eigenvalue weighted by molar-refractivity contribution is 5.26. The number of alkyl halides is 3. The number of nitrogens with zero attached hydrogens (tertiary/aromatic N) is 1. The summed E-state index contributed by atoms with van der Waals surface area (Å²) in [6, 6.07) is 0. The molecule has 0 amide bonds. The number of halogens is 3. The standard InChI is InChI=1S/C26H40F3NO3/c1-17(9-11-30-15-22(16-30)33-26(27,28)29)23-7-8-24-19(4-3-10-25(23,24)2)6-5-18-12-20(31)14-21(32)13-18/h5-6,17,20-24,31-32H,3-4,7-16H2,1-2H3/t17?,20-,21-,23-,24+,25-/m1/s1. The zero-order chi connectivity index (χ0) is 23.8. The van der Waals surface area contributed by atoms with Gasteiger partial charge in [0.1, 0.15) is 0 Å². The smallest absolute Gasteiger partial charge is 0.393 e. The van der Waals surface area contributed by atoms with Crippen molar-refractivity contribution in [2.24, 2.45) is 23.2 Å². The van der Waals surface area contributed by atoms with Crippen molar-refractivity contribution in [2.45, 2.75) is 96.3 Å². The predicted octanol–water partition coefficient (Wildman–Crippen LogP) is 5.21. The van der Waals surface area contributed by atoms with Crippen molar-refractivity contribution in [1.82, 2.24) is 4.90 Å². The van der Waals surface area contributed by atoms with Crippen molar-refractivity contribution >= 4 is 0 Å². The van der Waals surface area contributed by atoms with E-state index in [9.17, 15) is 23.4 Å². The molecular formula is C26H40F3NO3. The molecule has 4 rings (SSSR count). The molecule has 1 unspecified atom stereocenters. The number of ether oxygens (including phenoxy) is 1. The number of allylic oxidation sites excluding steroid dienone is 3. The Morgan fingerprint density at radius 1 is 1.15 bits per heavy atom. The number of fused-ring (bicyclic) bond motifs is 1. The van der Waals surface area contributed by atoms with E-state index in [2.05, 4.69) is 35.6 Å². The Balaban J connectivity index is 1.32. The summed E-state index contributed by atoms with van der Waals surface area (Å²) >= 11 is 0. The Bertz CT molecular complexity index is 734. The lowest BCUT2D eigenvalue weighted by molar-refractivity contribution is -0.354. The summed E-state index contributed by atoms with van der Waals surface area (Å²) in [5, 5.41) is 19.9. The third-order valence-corrected chi connectivity index (χ3v) is 8.92. The molecule has 1 heterocycles. The van der Waals surface area contributed by atoms with Gasteiger partial charge in [-0.15, -0.1) is 13.2 Å². The van der Waals surface area contributed by atoms with Gasteiger partial charge in [0.25, 0.3) is 0 Å². The van der Waals surface area contributed by atoms with E-state index in [4.69, 9.17) is 0 Å². The Labute approximate surface area is 195 Å². The van der Waals surface area contributed by atoms with Crippen LogP contribution in [0.1, 0.15) is 71.6 Å². The number of rotatable bonds is 6.